The van der Waals surface area contributed by atoms with E-state index in [0.717, 1.165) is 16.7 Å². The summed E-state index contributed by atoms with van der Waals surface area (Å²) in [5.41, 5.74) is 1.05. The third-order valence-electron chi connectivity index (χ3n) is 2.74. The molecule has 1 aromatic carbocycles. The summed E-state index contributed by atoms with van der Waals surface area (Å²) in [6.45, 7) is 1.22. The number of carboxylic acids is 1. The summed E-state index contributed by atoms with van der Waals surface area (Å²) < 4.78 is 1.08. The Bertz CT molecular complexity index is 541. The highest BCUT2D eigenvalue weighted by molar-refractivity contribution is 9.10. The molecule has 0 bridgehead atoms. The predicted octanol–water partition coefficient (Wildman–Crippen LogP) is 3.99. The van der Waals surface area contributed by atoms with E-state index in [-0.39, 0.29) is 6.42 Å². The van der Waals surface area contributed by atoms with Crippen molar-refractivity contribution in [3.8, 4) is 0 Å². The van der Waals surface area contributed by atoms with Gasteiger partial charge in [-0.05, 0) is 39.5 Å². The fraction of sp³-hybridized carbons (Fsp3) is 0.214. The number of nitrogens with zero attached hydrogens (tertiary/aromatic N) is 1. The normalized spacial score (nSPS) is 10.4. The second-order valence-corrected chi connectivity index (χ2v) is 5.95. The lowest BCUT2D eigenvalue weighted by Gasteiger charge is -2.23. The molecule has 0 aliphatic rings. The first-order valence-electron chi connectivity index (χ1n) is 5.90. The molecule has 1 heterocycles. The van der Waals surface area contributed by atoms with Crippen molar-refractivity contribution in [2.45, 2.75) is 13.0 Å². The molecule has 0 radical (unpaired) electrons. The average molecular weight is 340 g/mol. The Morgan fingerprint density at radius 3 is 2.58 bits per heavy atom. The predicted molar refractivity (Wildman–Crippen MR) is 81.8 cm³/mol. The smallest absolute Gasteiger partial charge is 0.305 e. The Hall–Kier alpha value is -1.33. The van der Waals surface area contributed by atoms with Crippen molar-refractivity contribution in [1.82, 2.24) is 0 Å². The number of anilines is 1. The van der Waals surface area contributed by atoms with Crippen LogP contribution in [-0.4, -0.2) is 17.6 Å². The van der Waals surface area contributed by atoms with Crippen LogP contribution in [0.4, 0.5) is 5.69 Å². The number of carboxylic acid groups (broad SMARTS) is 1. The highest BCUT2D eigenvalue weighted by atomic mass is 79.9. The fourth-order valence-corrected chi connectivity index (χ4v) is 3.27. The van der Waals surface area contributed by atoms with Gasteiger partial charge in [-0.1, -0.05) is 18.2 Å². The first-order chi connectivity index (χ1) is 9.16. The molecule has 1 aromatic heterocycles. The molecule has 2 rings (SSSR count). The van der Waals surface area contributed by atoms with Gasteiger partial charge in [0.05, 0.1) is 13.0 Å². The Kier molecular flexibility index (Phi) is 4.99. The SMILES string of the molecule is O=C(O)CCN(Cc1sccc1Br)c1ccccc1. The minimum atomic E-state index is -0.772. The van der Waals surface area contributed by atoms with E-state index >= 15 is 0 Å². The zero-order valence-electron chi connectivity index (χ0n) is 10.3. The summed E-state index contributed by atoms with van der Waals surface area (Å²) in [6, 6.07) is 11.9. The minimum absolute atomic E-state index is 0.137. The molecule has 0 aliphatic heterocycles. The number of para-hydroxylation sites is 1. The van der Waals surface area contributed by atoms with E-state index in [0.29, 0.717) is 6.54 Å². The molecule has 5 heteroatoms. The van der Waals surface area contributed by atoms with Crippen LogP contribution in [0.25, 0.3) is 0 Å². The molecule has 0 unspecified atom stereocenters. The van der Waals surface area contributed by atoms with Crippen LogP contribution >= 0.6 is 27.3 Å². The molecule has 100 valence electrons. The molecular formula is C14H14BrNO2S. The summed E-state index contributed by atoms with van der Waals surface area (Å²) in [4.78, 5) is 14.1. The van der Waals surface area contributed by atoms with Crippen molar-refractivity contribution in [1.29, 1.82) is 0 Å². The highest BCUT2D eigenvalue weighted by Crippen LogP contribution is 2.26. The lowest BCUT2D eigenvalue weighted by atomic mass is 10.2. The van der Waals surface area contributed by atoms with Gasteiger partial charge in [0.15, 0.2) is 0 Å². The Morgan fingerprint density at radius 2 is 2.00 bits per heavy atom. The Morgan fingerprint density at radius 1 is 1.26 bits per heavy atom. The second-order valence-electron chi connectivity index (χ2n) is 4.09. The van der Waals surface area contributed by atoms with Gasteiger partial charge in [0.1, 0.15) is 0 Å². The van der Waals surface area contributed by atoms with Crippen molar-refractivity contribution < 1.29 is 9.90 Å². The molecule has 19 heavy (non-hydrogen) atoms. The molecular weight excluding hydrogens is 326 g/mol. The molecule has 1 N–H and O–H groups in total. The monoisotopic (exact) mass is 339 g/mol. The quantitative estimate of drug-likeness (QED) is 0.864. The molecule has 0 fully saturated rings. The van der Waals surface area contributed by atoms with Crippen molar-refractivity contribution in [2.75, 3.05) is 11.4 Å². The average Bonchev–Trinajstić information content (AvgIpc) is 2.81. The zero-order valence-corrected chi connectivity index (χ0v) is 12.7. The van der Waals surface area contributed by atoms with Gasteiger partial charge in [-0.25, -0.2) is 0 Å². The van der Waals surface area contributed by atoms with E-state index in [1.54, 1.807) is 11.3 Å². The molecule has 0 atom stereocenters. The van der Waals surface area contributed by atoms with Crippen molar-refractivity contribution >= 4 is 38.9 Å². The van der Waals surface area contributed by atoms with Crippen LogP contribution < -0.4 is 4.90 Å². The molecule has 0 saturated carbocycles. The summed E-state index contributed by atoms with van der Waals surface area (Å²) in [5, 5.41) is 10.9. The maximum atomic E-state index is 10.8. The van der Waals surface area contributed by atoms with Crippen molar-refractivity contribution in [2.24, 2.45) is 0 Å². The molecule has 0 spiro atoms. The molecule has 0 amide bonds. The second kappa shape index (κ2) is 6.73. The van der Waals surface area contributed by atoms with Gasteiger partial charge in [-0.15, -0.1) is 11.3 Å². The van der Waals surface area contributed by atoms with Crippen LogP contribution in [0.3, 0.4) is 0 Å². The van der Waals surface area contributed by atoms with E-state index in [1.165, 1.54) is 4.88 Å². The van der Waals surface area contributed by atoms with Crippen LogP contribution in [0.5, 0.6) is 0 Å². The largest absolute Gasteiger partial charge is 0.481 e. The molecule has 2 aromatic rings. The lowest BCUT2D eigenvalue weighted by Crippen LogP contribution is -2.25. The Labute approximate surface area is 124 Å². The third-order valence-corrected chi connectivity index (χ3v) is 4.65. The molecule has 0 aliphatic carbocycles. The number of aliphatic carboxylic acids is 1. The number of hydrogen-bond donors (Lipinski definition) is 1. The van der Waals surface area contributed by atoms with Gasteiger partial charge in [-0.2, -0.15) is 0 Å². The van der Waals surface area contributed by atoms with Gasteiger partial charge in [0.25, 0.3) is 0 Å². The van der Waals surface area contributed by atoms with E-state index in [4.69, 9.17) is 5.11 Å². The number of halogens is 1. The standard InChI is InChI=1S/C14H14BrNO2S/c15-12-7-9-19-13(12)10-16(8-6-14(17)18)11-4-2-1-3-5-11/h1-5,7,9H,6,8,10H2,(H,17,18). The summed E-state index contributed by atoms with van der Waals surface area (Å²) in [5.74, 6) is -0.772. The summed E-state index contributed by atoms with van der Waals surface area (Å²) in [6.07, 6.45) is 0.137. The van der Waals surface area contributed by atoms with Crippen LogP contribution in [0.1, 0.15) is 11.3 Å². The van der Waals surface area contributed by atoms with Crippen LogP contribution in [0, 0.1) is 0 Å². The highest BCUT2D eigenvalue weighted by Gasteiger charge is 2.11. The minimum Gasteiger partial charge on any atom is -0.481 e. The van der Waals surface area contributed by atoms with E-state index < -0.39 is 5.97 Å². The van der Waals surface area contributed by atoms with Gasteiger partial charge in [0, 0.05) is 21.6 Å². The first kappa shape index (κ1) is 14.1. The van der Waals surface area contributed by atoms with Gasteiger partial charge >= 0.3 is 5.97 Å². The summed E-state index contributed by atoms with van der Waals surface area (Å²) in [7, 11) is 0. The number of thiophene rings is 1. The van der Waals surface area contributed by atoms with Gasteiger partial charge in [0.2, 0.25) is 0 Å². The fourth-order valence-electron chi connectivity index (χ4n) is 1.78. The van der Waals surface area contributed by atoms with Crippen LogP contribution in [0.2, 0.25) is 0 Å². The van der Waals surface area contributed by atoms with Crippen LogP contribution in [-0.2, 0) is 11.3 Å². The maximum Gasteiger partial charge on any atom is 0.305 e. The van der Waals surface area contributed by atoms with Crippen LogP contribution in [0.15, 0.2) is 46.3 Å². The number of carbonyl (C=O) groups is 1. The number of benzene rings is 1. The van der Waals surface area contributed by atoms with Gasteiger partial charge < -0.3 is 10.0 Å². The van der Waals surface area contributed by atoms with E-state index in [1.807, 2.05) is 41.8 Å². The maximum absolute atomic E-state index is 10.8. The van der Waals surface area contributed by atoms with Gasteiger partial charge in [-0.3, -0.25) is 4.79 Å². The van der Waals surface area contributed by atoms with Crippen molar-refractivity contribution in [3.63, 3.8) is 0 Å². The first-order valence-corrected chi connectivity index (χ1v) is 7.58. The number of hydrogen-bond acceptors (Lipinski definition) is 3. The lowest BCUT2D eigenvalue weighted by molar-refractivity contribution is -0.136. The topological polar surface area (TPSA) is 40.5 Å². The zero-order chi connectivity index (χ0) is 13.7. The number of rotatable bonds is 6. The molecule has 3 nitrogen and oxygen atoms in total. The molecule has 0 saturated heterocycles. The Balaban J connectivity index is 2.15. The summed E-state index contributed by atoms with van der Waals surface area (Å²) >= 11 is 5.19. The van der Waals surface area contributed by atoms with E-state index in [9.17, 15) is 4.79 Å². The van der Waals surface area contributed by atoms with Crippen molar-refractivity contribution in [3.05, 3.63) is 51.1 Å². The third kappa shape index (κ3) is 4.08. The van der Waals surface area contributed by atoms with E-state index in [2.05, 4.69) is 20.8 Å².